The van der Waals surface area contributed by atoms with Gasteiger partial charge in [0.15, 0.2) is 5.65 Å². The Balaban J connectivity index is 1.45. The average molecular weight is 425 g/mol. The van der Waals surface area contributed by atoms with Gasteiger partial charge < -0.3 is 19.7 Å². The van der Waals surface area contributed by atoms with Crippen molar-refractivity contribution in [2.24, 2.45) is 5.92 Å². The van der Waals surface area contributed by atoms with E-state index < -0.39 is 0 Å². The molecule has 0 unspecified atom stereocenters. The minimum atomic E-state index is -0.165. The van der Waals surface area contributed by atoms with E-state index in [9.17, 15) is 4.79 Å². The highest BCUT2D eigenvalue weighted by atomic mass is 16.5. The zero-order valence-corrected chi connectivity index (χ0v) is 18.2. The van der Waals surface area contributed by atoms with Crippen molar-refractivity contribution < 1.29 is 14.3 Å². The highest BCUT2D eigenvalue weighted by Crippen LogP contribution is 2.27. The molecule has 1 N–H and O–H groups in total. The maximum Gasteiger partial charge on any atom is 0.242 e. The summed E-state index contributed by atoms with van der Waals surface area (Å²) >= 11 is 0. The molecule has 0 atom stereocenters. The monoisotopic (exact) mass is 424 g/mol. The van der Waals surface area contributed by atoms with E-state index in [1.807, 2.05) is 18.2 Å². The van der Waals surface area contributed by atoms with Gasteiger partial charge in [0.05, 0.1) is 25.8 Å². The number of anilines is 1. The second kappa shape index (κ2) is 9.20. The maximum atomic E-state index is 12.6. The van der Waals surface area contributed by atoms with Gasteiger partial charge in [-0.2, -0.15) is 5.10 Å². The molecule has 31 heavy (non-hydrogen) atoms. The predicted molar refractivity (Wildman–Crippen MR) is 117 cm³/mol. The molecule has 0 aliphatic carbocycles. The summed E-state index contributed by atoms with van der Waals surface area (Å²) in [4.78, 5) is 23.8. The first-order valence-electron chi connectivity index (χ1n) is 10.5. The molecular formula is C22H28N6O3. The summed E-state index contributed by atoms with van der Waals surface area (Å²) < 4.78 is 12.2. The number of aromatic nitrogens is 4. The maximum absolute atomic E-state index is 12.6. The van der Waals surface area contributed by atoms with Crippen molar-refractivity contribution in [3.8, 4) is 11.5 Å². The number of benzene rings is 1. The molecule has 3 aromatic rings. The number of rotatable bonds is 7. The molecule has 1 aliphatic heterocycles. The summed E-state index contributed by atoms with van der Waals surface area (Å²) in [6.07, 6.45) is 5.60. The van der Waals surface area contributed by atoms with Crippen molar-refractivity contribution in [1.29, 1.82) is 0 Å². The summed E-state index contributed by atoms with van der Waals surface area (Å²) in [6, 6.07) is 5.49. The van der Waals surface area contributed by atoms with Crippen molar-refractivity contribution in [1.82, 2.24) is 25.1 Å². The Kier molecular flexibility index (Phi) is 6.20. The third-order valence-electron chi connectivity index (χ3n) is 5.75. The Morgan fingerprint density at radius 3 is 2.74 bits per heavy atom. The molecule has 1 fully saturated rings. The minimum Gasteiger partial charge on any atom is -0.497 e. The first-order valence-corrected chi connectivity index (χ1v) is 10.5. The Morgan fingerprint density at radius 1 is 1.19 bits per heavy atom. The Bertz CT molecular complexity index is 1060. The molecule has 4 rings (SSSR count). The normalized spacial score (nSPS) is 14.6. The zero-order chi connectivity index (χ0) is 21.8. The highest BCUT2D eigenvalue weighted by molar-refractivity contribution is 5.88. The molecular weight excluding hydrogens is 396 g/mol. The molecule has 0 radical (unpaired) electrons. The number of fused-ring (bicyclic) bond motifs is 1. The van der Waals surface area contributed by atoms with Gasteiger partial charge >= 0.3 is 0 Å². The van der Waals surface area contributed by atoms with Gasteiger partial charge in [-0.05, 0) is 37.0 Å². The summed E-state index contributed by atoms with van der Waals surface area (Å²) in [6.45, 7) is 4.63. The summed E-state index contributed by atoms with van der Waals surface area (Å²) in [7, 11) is 3.21. The lowest BCUT2D eigenvalue weighted by atomic mass is 9.99. The first-order chi connectivity index (χ1) is 15.1. The standard InChI is InChI=1S/C22H28N6O3/c1-15-6-8-27(9-7-15)21-18-12-26-28(22(18)25-14-24-21)13-20(29)23-11-16-10-17(30-2)4-5-19(16)31-3/h4-5,10,12,14-15H,6-9,11,13H2,1-3H3,(H,23,29). The smallest absolute Gasteiger partial charge is 0.242 e. The van der Waals surface area contributed by atoms with Gasteiger partial charge in [0, 0.05) is 25.2 Å². The lowest BCUT2D eigenvalue weighted by Gasteiger charge is -2.31. The van der Waals surface area contributed by atoms with Crippen LogP contribution in [0.1, 0.15) is 25.3 Å². The quantitative estimate of drug-likeness (QED) is 0.622. The van der Waals surface area contributed by atoms with Crippen molar-refractivity contribution >= 4 is 22.8 Å². The number of carbonyl (C=O) groups is 1. The molecule has 0 spiro atoms. The van der Waals surface area contributed by atoms with Crippen LogP contribution in [0.25, 0.3) is 11.0 Å². The van der Waals surface area contributed by atoms with Crippen LogP contribution in [0.15, 0.2) is 30.7 Å². The highest BCUT2D eigenvalue weighted by Gasteiger charge is 2.21. The first kappa shape index (κ1) is 20.9. The van der Waals surface area contributed by atoms with Crippen molar-refractivity contribution in [3.63, 3.8) is 0 Å². The number of hydrogen-bond donors (Lipinski definition) is 1. The van der Waals surface area contributed by atoms with E-state index in [2.05, 4.69) is 32.2 Å². The van der Waals surface area contributed by atoms with Gasteiger partial charge in [-0.25, -0.2) is 14.6 Å². The molecule has 0 saturated carbocycles. The van der Waals surface area contributed by atoms with Crippen LogP contribution in [0, 0.1) is 5.92 Å². The second-order valence-corrected chi connectivity index (χ2v) is 7.86. The third kappa shape index (κ3) is 4.55. The van der Waals surface area contributed by atoms with Crippen molar-refractivity contribution in [2.75, 3.05) is 32.2 Å². The Morgan fingerprint density at radius 2 is 2.00 bits per heavy atom. The molecule has 164 valence electrons. The van der Waals surface area contributed by atoms with Crippen LogP contribution < -0.4 is 19.7 Å². The summed E-state index contributed by atoms with van der Waals surface area (Å²) in [5, 5.41) is 8.20. The number of nitrogens with one attached hydrogen (secondary N) is 1. The number of amides is 1. The van der Waals surface area contributed by atoms with Crippen LogP contribution in [0.3, 0.4) is 0 Å². The number of hydrogen-bond acceptors (Lipinski definition) is 7. The molecule has 1 aromatic carbocycles. The van der Waals surface area contributed by atoms with Crippen LogP contribution >= 0.6 is 0 Å². The number of ether oxygens (including phenoxy) is 2. The van der Waals surface area contributed by atoms with Gasteiger partial charge in [-0.15, -0.1) is 0 Å². The fraction of sp³-hybridized carbons (Fsp3) is 0.455. The molecule has 0 bridgehead atoms. The van der Waals surface area contributed by atoms with Gasteiger partial charge in [0.25, 0.3) is 0 Å². The van der Waals surface area contributed by atoms with Gasteiger partial charge in [-0.3, -0.25) is 4.79 Å². The lowest BCUT2D eigenvalue weighted by Crippen LogP contribution is -2.33. The number of carbonyl (C=O) groups excluding carboxylic acids is 1. The van der Waals surface area contributed by atoms with Crippen molar-refractivity contribution in [2.45, 2.75) is 32.9 Å². The lowest BCUT2D eigenvalue weighted by molar-refractivity contribution is -0.121. The second-order valence-electron chi connectivity index (χ2n) is 7.86. The van der Waals surface area contributed by atoms with E-state index in [4.69, 9.17) is 9.47 Å². The topological polar surface area (TPSA) is 94.4 Å². The Labute approximate surface area is 181 Å². The Hall–Kier alpha value is -3.36. The van der Waals surface area contributed by atoms with E-state index in [-0.39, 0.29) is 12.5 Å². The van der Waals surface area contributed by atoms with E-state index in [1.165, 1.54) is 0 Å². The third-order valence-corrected chi connectivity index (χ3v) is 5.75. The molecule has 1 amide bonds. The average Bonchev–Trinajstić information content (AvgIpc) is 3.21. The fourth-order valence-electron chi connectivity index (χ4n) is 3.87. The molecule has 1 saturated heterocycles. The minimum absolute atomic E-state index is 0.0727. The fourth-order valence-corrected chi connectivity index (χ4v) is 3.87. The van der Waals surface area contributed by atoms with Crippen LogP contribution in [0.5, 0.6) is 11.5 Å². The van der Waals surface area contributed by atoms with Crippen molar-refractivity contribution in [3.05, 3.63) is 36.3 Å². The summed E-state index contributed by atoms with van der Waals surface area (Å²) in [5.41, 5.74) is 1.50. The molecule has 9 heteroatoms. The number of methoxy groups -OCH3 is 2. The number of nitrogens with zero attached hydrogens (tertiary/aromatic N) is 5. The molecule has 1 aliphatic rings. The van der Waals surface area contributed by atoms with Crippen LogP contribution in [-0.2, 0) is 17.9 Å². The zero-order valence-electron chi connectivity index (χ0n) is 18.2. The SMILES string of the molecule is COc1ccc(OC)c(CNC(=O)Cn2ncc3c(N4CCC(C)CC4)ncnc32)c1. The van der Waals surface area contributed by atoms with Crippen LogP contribution in [-0.4, -0.2) is 53.0 Å². The number of piperidine rings is 1. The van der Waals surface area contributed by atoms with Gasteiger partial charge in [0.2, 0.25) is 5.91 Å². The molecule has 9 nitrogen and oxygen atoms in total. The van der Waals surface area contributed by atoms with E-state index >= 15 is 0 Å². The molecule has 2 aromatic heterocycles. The van der Waals surface area contributed by atoms with Crippen LogP contribution in [0.4, 0.5) is 5.82 Å². The van der Waals surface area contributed by atoms with E-state index in [1.54, 1.807) is 31.4 Å². The predicted octanol–water partition coefficient (Wildman–Crippen LogP) is 2.40. The largest absolute Gasteiger partial charge is 0.497 e. The van der Waals surface area contributed by atoms with Gasteiger partial charge in [0.1, 0.15) is 30.2 Å². The van der Waals surface area contributed by atoms with Crippen LogP contribution in [0.2, 0.25) is 0 Å². The van der Waals surface area contributed by atoms with Gasteiger partial charge in [-0.1, -0.05) is 6.92 Å². The van der Waals surface area contributed by atoms with E-state index in [0.717, 1.165) is 48.6 Å². The van der Waals surface area contributed by atoms with E-state index in [0.29, 0.717) is 23.7 Å². The molecule has 3 heterocycles. The summed E-state index contributed by atoms with van der Waals surface area (Å²) in [5.74, 6) is 2.87.